The van der Waals surface area contributed by atoms with Crippen LogP contribution in [-0.2, 0) is 9.53 Å². The fourth-order valence-electron chi connectivity index (χ4n) is 4.90. The molecule has 0 N–H and O–H groups in total. The molecular formula is C27H34Cl2N2O4. The highest BCUT2D eigenvalue weighted by molar-refractivity contribution is 6.42. The second-order valence-electron chi connectivity index (χ2n) is 9.38. The van der Waals surface area contributed by atoms with Gasteiger partial charge in [0.2, 0.25) is 0 Å². The van der Waals surface area contributed by atoms with Crippen molar-refractivity contribution < 1.29 is 19.0 Å². The first kappa shape index (κ1) is 25.9. The molecule has 0 radical (unpaired) electrons. The zero-order valence-corrected chi connectivity index (χ0v) is 21.9. The normalized spacial score (nSPS) is 18.8. The first-order valence-corrected chi connectivity index (χ1v) is 13.1. The molecule has 35 heavy (non-hydrogen) atoms. The van der Waals surface area contributed by atoms with Crippen LogP contribution in [0.2, 0.25) is 10.0 Å². The number of likely N-dealkylation sites (tertiary alicyclic amines) is 1. The fourth-order valence-corrected chi connectivity index (χ4v) is 5.18. The molecule has 8 heteroatoms. The molecular weight excluding hydrogens is 487 g/mol. The Bertz CT molecular complexity index is 989. The van der Waals surface area contributed by atoms with Gasteiger partial charge in [0, 0.05) is 38.8 Å². The second-order valence-corrected chi connectivity index (χ2v) is 10.2. The molecule has 0 amide bonds. The van der Waals surface area contributed by atoms with Gasteiger partial charge in [-0.25, -0.2) is 4.79 Å². The van der Waals surface area contributed by atoms with Crippen LogP contribution in [-0.4, -0.2) is 62.9 Å². The molecule has 2 heterocycles. The molecule has 0 saturated carbocycles. The van der Waals surface area contributed by atoms with Crippen molar-refractivity contribution in [1.82, 2.24) is 4.90 Å². The summed E-state index contributed by atoms with van der Waals surface area (Å²) in [7, 11) is 1.38. The summed E-state index contributed by atoms with van der Waals surface area (Å²) >= 11 is 12.1. The highest BCUT2D eigenvalue weighted by Gasteiger charge is 2.27. The molecule has 4 rings (SSSR count). The van der Waals surface area contributed by atoms with Crippen molar-refractivity contribution in [2.24, 2.45) is 5.92 Å². The van der Waals surface area contributed by atoms with E-state index >= 15 is 0 Å². The molecule has 2 aliphatic heterocycles. The van der Waals surface area contributed by atoms with Gasteiger partial charge in [0.15, 0.2) is 6.10 Å². The standard InChI is InChI=1S/C27H34Cl2N2O4/c1-19(27(32)33-2)34-26-6-4-3-5-25(26)31-15-9-20(10-16-31)18-30-13-11-21(12-14-30)35-22-7-8-23(28)24(29)17-22/h3-8,17,19-21H,9-16,18H2,1-2H3/t19-/m1/s1. The van der Waals surface area contributed by atoms with E-state index in [4.69, 9.17) is 37.4 Å². The molecule has 1 atom stereocenters. The lowest BCUT2D eigenvalue weighted by molar-refractivity contribution is -0.147. The van der Waals surface area contributed by atoms with Gasteiger partial charge in [-0.15, -0.1) is 0 Å². The van der Waals surface area contributed by atoms with Crippen molar-refractivity contribution in [2.45, 2.75) is 44.8 Å². The van der Waals surface area contributed by atoms with E-state index in [0.29, 0.717) is 16.0 Å². The summed E-state index contributed by atoms with van der Waals surface area (Å²) in [5, 5.41) is 1.08. The average Bonchev–Trinajstić information content (AvgIpc) is 2.88. The number of hydrogen-bond donors (Lipinski definition) is 0. The van der Waals surface area contributed by atoms with Gasteiger partial charge in [0.25, 0.3) is 0 Å². The second kappa shape index (κ2) is 12.2. The summed E-state index contributed by atoms with van der Waals surface area (Å²) in [6, 6.07) is 13.4. The molecule has 0 aromatic heterocycles. The van der Waals surface area contributed by atoms with E-state index in [2.05, 4.69) is 15.9 Å². The Hall–Kier alpha value is -2.15. The first-order chi connectivity index (χ1) is 16.9. The summed E-state index contributed by atoms with van der Waals surface area (Å²) in [6.45, 7) is 6.91. The minimum atomic E-state index is -0.637. The number of methoxy groups -OCH3 is 1. The highest BCUT2D eigenvalue weighted by Crippen LogP contribution is 2.33. The highest BCUT2D eigenvalue weighted by atomic mass is 35.5. The largest absolute Gasteiger partial charge is 0.490 e. The van der Waals surface area contributed by atoms with Crippen LogP contribution < -0.4 is 14.4 Å². The third-order valence-electron chi connectivity index (χ3n) is 6.90. The maximum absolute atomic E-state index is 11.8. The molecule has 0 spiro atoms. The Kier molecular flexibility index (Phi) is 9.04. The van der Waals surface area contributed by atoms with E-state index in [0.717, 1.165) is 75.6 Å². The first-order valence-electron chi connectivity index (χ1n) is 12.4. The van der Waals surface area contributed by atoms with Crippen LogP contribution in [0.5, 0.6) is 11.5 Å². The molecule has 0 bridgehead atoms. The maximum Gasteiger partial charge on any atom is 0.346 e. The molecule has 2 aromatic carbocycles. The van der Waals surface area contributed by atoms with Crippen molar-refractivity contribution >= 4 is 34.9 Å². The molecule has 2 saturated heterocycles. The van der Waals surface area contributed by atoms with Gasteiger partial charge in [-0.3, -0.25) is 0 Å². The monoisotopic (exact) mass is 520 g/mol. The van der Waals surface area contributed by atoms with E-state index < -0.39 is 6.10 Å². The van der Waals surface area contributed by atoms with E-state index in [1.165, 1.54) is 7.11 Å². The summed E-state index contributed by atoms with van der Waals surface area (Å²) in [5.41, 5.74) is 1.04. The quantitative estimate of drug-likeness (QED) is 0.416. The Morgan fingerprint density at radius 3 is 2.40 bits per heavy atom. The zero-order valence-electron chi connectivity index (χ0n) is 20.4. The third kappa shape index (κ3) is 6.96. The molecule has 0 unspecified atom stereocenters. The SMILES string of the molecule is COC(=O)[C@@H](C)Oc1ccccc1N1CCC(CN2CCC(Oc3ccc(Cl)c(Cl)c3)CC2)CC1. The molecule has 2 aromatic rings. The lowest BCUT2D eigenvalue weighted by atomic mass is 9.94. The number of rotatable bonds is 8. The van der Waals surface area contributed by atoms with Crippen LogP contribution in [0.3, 0.4) is 0 Å². The number of nitrogens with zero attached hydrogens (tertiary/aromatic N) is 2. The van der Waals surface area contributed by atoms with Crippen molar-refractivity contribution in [3.05, 3.63) is 52.5 Å². The molecule has 2 aliphatic rings. The van der Waals surface area contributed by atoms with Crippen molar-refractivity contribution in [3.8, 4) is 11.5 Å². The van der Waals surface area contributed by atoms with Gasteiger partial charge in [0.1, 0.15) is 17.6 Å². The predicted molar refractivity (Wildman–Crippen MR) is 140 cm³/mol. The van der Waals surface area contributed by atoms with E-state index in [1.807, 2.05) is 24.3 Å². The number of ether oxygens (including phenoxy) is 3. The predicted octanol–water partition coefficient (Wildman–Crippen LogP) is 5.69. The van der Waals surface area contributed by atoms with Crippen LogP contribution >= 0.6 is 23.2 Å². The summed E-state index contributed by atoms with van der Waals surface area (Å²) in [4.78, 5) is 16.7. The van der Waals surface area contributed by atoms with Crippen LogP contribution in [0, 0.1) is 5.92 Å². The van der Waals surface area contributed by atoms with Crippen LogP contribution in [0.25, 0.3) is 0 Å². The van der Waals surface area contributed by atoms with Gasteiger partial charge in [-0.1, -0.05) is 35.3 Å². The van der Waals surface area contributed by atoms with Gasteiger partial charge in [-0.2, -0.15) is 0 Å². The Morgan fingerprint density at radius 2 is 1.71 bits per heavy atom. The number of anilines is 1. The minimum absolute atomic E-state index is 0.217. The lowest BCUT2D eigenvalue weighted by Crippen LogP contribution is -2.43. The van der Waals surface area contributed by atoms with E-state index in [9.17, 15) is 4.79 Å². The number of para-hydroxylation sites is 2. The summed E-state index contributed by atoms with van der Waals surface area (Å²) < 4.78 is 16.9. The fraction of sp³-hybridized carbons (Fsp3) is 0.519. The smallest absolute Gasteiger partial charge is 0.346 e. The Balaban J connectivity index is 1.22. The van der Waals surface area contributed by atoms with Gasteiger partial charge in [0.05, 0.1) is 22.8 Å². The van der Waals surface area contributed by atoms with Gasteiger partial charge >= 0.3 is 5.97 Å². The zero-order chi connectivity index (χ0) is 24.8. The van der Waals surface area contributed by atoms with E-state index in [1.54, 1.807) is 19.1 Å². The van der Waals surface area contributed by atoms with Crippen molar-refractivity contribution in [1.29, 1.82) is 0 Å². The van der Waals surface area contributed by atoms with Crippen molar-refractivity contribution in [3.63, 3.8) is 0 Å². The minimum Gasteiger partial charge on any atom is -0.490 e. The third-order valence-corrected chi connectivity index (χ3v) is 7.64. The maximum atomic E-state index is 11.8. The van der Waals surface area contributed by atoms with Gasteiger partial charge in [-0.05, 0) is 62.8 Å². The number of piperidine rings is 2. The number of esters is 1. The lowest BCUT2D eigenvalue weighted by Gasteiger charge is -2.38. The van der Waals surface area contributed by atoms with Crippen LogP contribution in [0.15, 0.2) is 42.5 Å². The number of carbonyl (C=O) groups excluding carboxylic acids is 1. The molecule has 0 aliphatic carbocycles. The Morgan fingerprint density at radius 1 is 1.00 bits per heavy atom. The topological polar surface area (TPSA) is 51.2 Å². The summed E-state index contributed by atoms with van der Waals surface area (Å²) in [5.74, 6) is 1.83. The molecule has 190 valence electrons. The Labute approximate surface area is 218 Å². The van der Waals surface area contributed by atoms with E-state index in [-0.39, 0.29) is 12.1 Å². The summed E-state index contributed by atoms with van der Waals surface area (Å²) in [6.07, 6.45) is 3.89. The van der Waals surface area contributed by atoms with Gasteiger partial charge < -0.3 is 24.0 Å². The average molecular weight is 521 g/mol. The molecule has 6 nitrogen and oxygen atoms in total. The number of halogens is 2. The van der Waals surface area contributed by atoms with Crippen LogP contribution in [0.1, 0.15) is 32.6 Å². The number of benzene rings is 2. The number of hydrogen-bond acceptors (Lipinski definition) is 6. The number of carbonyl (C=O) groups is 1. The van der Waals surface area contributed by atoms with Crippen molar-refractivity contribution in [2.75, 3.05) is 44.7 Å². The van der Waals surface area contributed by atoms with Crippen LogP contribution in [0.4, 0.5) is 5.69 Å². The molecule has 2 fully saturated rings.